The van der Waals surface area contributed by atoms with E-state index in [0.29, 0.717) is 17.2 Å². The van der Waals surface area contributed by atoms with Crippen molar-refractivity contribution in [3.8, 4) is 0 Å². The van der Waals surface area contributed by atoms with Crippen LogP contribution in [-0.4, -0.2) is 49.8 Å². The third-order valence-electron chi connectivity index (χ3n) is 6.53. The second-order valence-electron chi connectivity index (χ2n) is 8.96. The molecule has 1 aliphatic carbocycles. The van der Waals surface area contributed by atoms with E-state index in [1.54, 1.807) is 6.07 Å². The first-order valence-electron chi connectivity index (χ1n) is 11.6. The van der Waals surface area contributed by atoms with Crippen molar-refractivity contribution in [2.75, 3.05) is 43.1 Å². The molecule has 1 fully saturated rings. The zero-order valence-electron chi connectivity index (χ0n) is 18.9. The molecule has 1 saturated heterocycles. The molecule has 7 heteroatoms. The molecule has 5 rings (SSSR count). The van der Waals surface area contributed by atoms with Gasteiger partial charge in [-0.1, -0.05) is 6.92 Å². The van der Waals surface area contributed by atoms with Gasteiger partial charge in [-0.2, -0.15) is 0 Å². The number of hydrogen-bond acceptors (Lipinski definition) is 5. The molecule has 172 valence electrons. The molecule has 3 aromatic rings. The lowest BCUT2D eigenvalue weighted by molar-refractivity contribution is -0.119. The maximum atomic E-state index is 12.6. The minimum Gasteiger partial charge on any atom is -0.452 e. The zero-order chi connectivity index (χ0) is 22.8. The van der Waals surface area contributed by atoms with Crippen LogP contribution in [0.4, 0.5) is 11.4 Å². The number of esters is 1. The van der Waals surface area contributed by atoms with Gasteiger partial charge in [0.2, 0.25) is 0 Å². The second kappa shape index (κ2) is 9.27. The van der Waals surface area contributed by atoms with E-state index in [0.717, 1.165) is 55.7 Å². The summed E-state index contributed by atoms with van der Waals surface area (Å²) in [7, 11) is 0. The van der Waals surface area contributed by atoms with Crippen LogP contribution in [0.2, 0.25) is 0 Å². The van der Waals surface area contributed by atoms with Gasteiger partial charge in [0, 0.05) is 41.1 Å². The van der Waals surface area contributed by atoms with Crippen molar-refractivity contribution in [1.82, 2.24) is 4.98 Å². The Labute approximate surface area is 193 Å². The van der Waals surface area contributed by atoms with Crippen molar-refractivity contribution in [2.24, 2.45) is 5.92 Å². The molecule has 33 heavy (non-hydrogen) atoms. The highest BCUT2D eigenvalue weighted by molar-refractivity contribution is 5.98. The summed E-state index contributed by atoms with van der Waals surface area (Å²) in [6.07, 6.45) is 3.24. The fourth-order valence-corrected chi connectivity index (χ4v) is 4.71. The summed E-state index contributed by atoms with van der Waals surface area (Å²) in [6, 6.07) is 13.2. The molecule has 1 amide bonds. The van der Waals surface area contributed by atoms with Gasteiger partial charge in [-0.25, -0.2) is 4.79 Å². The van der Waals surface area contributed by atoms with Crippen molar-refractivity contribution in [2.45, 2.75) is 26.2 Å². The van der Waals surface area contributed by atoms with Crippen molar-refractivity contribution < 1.29 is 19.1 Å². The fourth-order valence-electron chi connectivity index (χ4n) is 4.71. The van der Waals surface area contributed by atoms with E-state index in [-0.39, 0.29) is 12.5 Å². The lowest BCUT2D eigenvalue weighted by Gasteiger charge is -2.28. The highest BCUT2D eigenvalue weighted by Crippen LogP contribution is 2.32. The summed E-state index contributed by atoms with van der Waals surface area (Å²) in [6.45, 7) is 5.10. The maximum Gasteiger partial charge on any atom is 0.338 e. The summed E-state index contributed by atoms with van der Waals surface area (Å²) >= 11 is 0. The van der Waals surface area contributed by atoms with Crippen molar-refractivity contribution in [3.63, 3.8) is 0 Å². The van der Waals surface area contributed by atoms with Gasteiger partial charge in [0.25, 0.3) is 5.91 Å². The van der Waals surface area contributed by atoms with Gasteiger partial charge >= 0.3 is 5.97 Å². The predicted octanol–water partition coefficient (Wildman–Crippen LogP) is 3.92. The molecular weight excluding hydrogens is 418 g/mol. The number of aromatic amines is 1. The number of H-pyrrole nitrogens is 1. The Morgan fingerprint density at radius 1 is 1.15 bits per heavy atom. The third kappa shape index (κ3) is 4.73. The number of fused-ring (bicyclic) bond motifs is 3. The van der Waals surface area contributed by atoms with E-state index in [9.17, 15) is 9.59 Å². The summed E-state index contributed by atoms with van der Waals surface area (Å²) in [5.74, 6) is -0.219. The van der Waals surface area contributed by atoms with E-state index < -0.39 is 5.97 Å². The number of carbonyl (C=O) groups excluding carboxylic acids is 2. The summed E-state index contributed by atoms with van der Waals surface area (Å²) in [5, 5.41) is 3.87. The van der Waals surface area contributed by atoms with E-state index in [2.05, 4.69) is 22.1 Å². The van der Waals surface area contributed by atoms with Crippen LogP contribution in [0.15, 0.2) is 42.5 Å². The lowest BCUT2D eigenvalue weighted by atomic mass is 9.87. The number of nitrogens with one attached hydrogen (secondary N) is 2. The van der Waals surface area contributed by atoms with Gasteiger partial charge < -0.3 is 24.7 Å². The van der Waals surface area contributed by atoms with Crippen LogP contribution in [0.1, 0.15) is 35.0 Å². The molecule has 1 aliphatic heterocycles. The molecule has 0 radical (unpaired) electrons. The fraction of sp³-hybridized carbons (Fsp3) is 0.385. The zero-order valence-corrected chi connectivity index (χ0v) is 18.9. The van der Waals surface area contributed by atoms with Gasteiger partial charge in [-0.15, -0.1) is 0 Å². The number of ether oxygens (including phenoxy) is 2. The molecule has 1 aromatic heterocycles. The molecule has 1 unspecified atom stereocenters. The van der Waals surface area contributed by atoms with Crippen LogP contribution >= 0.6 is 0 Å². The minimum atomic E-state index is -0.492. The summed E-state index contributed by atoms with van der Waals surface area (Å²) in [4.78, 5) is 30.6. The van der Waals surface area contributed by atoms with Gasteiger partial charge in [-0.05, 0) is 73.2 Å². The first-order chi connectivity index (χ1) is 16.1. The van der Waals surface area contributed by atoms with E-state index in [1.807, 2.05) is 36.4 Å². The minimum absolute atomic E-state index is 0.329. The molecule has 1 atom stereocenters. The Morgan fingerprint density at radius 3 is 2.73 bits per heavy atom. The predicted molar refractivity (Wildman–Crippen MR) is 128 cm³/mol. The van der Waals surface area contributed by atoms with Crippen LogP contribution in [0.5, 0.6) is 0 Å². The average Bonchev–Trinajstić information content (AvgIpc) is 3.20. The standard InChI is InChI=1S/C26H29N3O4/c1-17-2-8-23-21(14-17)22-15-18(3-9-24(22)28-23)26(31)33-16-25(30)27-19-4-6-20(7-5-19)29-10-12-32-13-11-29/h3-7,9,15,17,28H,2,8,10-14,16H2,1H3,(H,27,30). The number of benzene rings is 2. The van der Waals surface area contributed by atoms with Crippen LogP contribution in [0.25, 0.3) is 10.9 Å². The van der Waals surface area contributed by atoms with Crippen LogP contribution in [0.3, 0.4) is 0 Å². The Bertz CT molecular complexity index is 1160. The first-order valence-corrected chi connectivity index (χ1v) is 11.6. The van der Waals surface area contributed by atoms with Crippen LogP contribution < -0.4 is 10.2 Å². The monoisotopic (exact) mass is 447 g/mol. The number of morpholine rings is 1. The van der Waals surface area contributed by atoms with Crippen LogP contribution in [0, 0.1) is 5.92 Å². The lowest BCUT2D eigenvalue weighted by Crippen LogP contribution is -2.36. The van der Waals surface area contributed by atoms with Crippen LogP contribution in [-0.2, 0) is 27.1 Å². The summed E-state index contributed by atoms with van der Waals surface area (Å²) < 4.78 is 10.7. The molecule has 2 aromatic carbocycles. The second-order valence-corrected chi connectivity index (χ2v) is 8.96. The van der Waals surface area contributed by atoms with Gasteiger partial charge in [0.1, 0.15) is 0 Å². The van der Waals surface area contributed by atoms with Crippen molar-refractivity contribution in [1.29, 1.82) is 0 Å². The number of carbonyl (C=O) groups is 2. The van der Waals surface area contributed by atoms with Crippen molar-refractivity contribution >= 4 is 34.2 Å². The summed E-state index contributed by atoms with van der Waals surface area (Å²) in [5.41, 5.74) is 5.85. The van der Waals surface area contributed by atoms with E-state index in [1.165, 1.54) is 17.7 Å². The number of amides is 1. The molecule has 2 N–H and O–H groups in total. The van der Waals surface area contributed by atoms with E-state index >= 15 is 0 Å². The molecule has 0 bridgehead atoms. The van der Waals surface area contributed by atoms with Gasteiger partial charge in [0.05, 0.1) is 18.8 Å². The highest BCUT2D eigenvalue weighted by atomic mass is 16.5. The molecular formula is C26H29N3O4. The van der Waals surface area contributed by atoms with Crippen molar-refractivity contribution in [3.05, 3.63) is 59.3 Å². The number of hydrogen-bond donors (Lipinski definition) is 2. The molecule has 0 saturated carbocycles. The number of rotatable bonds is 5. The molecule has 2 aliphatic rings. The number of anilines is 2. The first kappa shape index (κ1) is 21.5. The van der Waals surface area contributed by atoms with Gasteiger partial charge in [0.15, 0.2) is 6.61 Å². The number of aromatic nitrogens is 1. The smallest absolute Gasteiger partial charge is 0.338 e. The average molecular weight is 448 g/mol. The normalized spacial score (nSPS) is 18.1. The molecule has 7 nitrogen and oxygen atoms in total. The Kier molecular flexibility index (Phi) is 6.05. The number of nitrogens with zero attached hydrogens (tertiary/aromatic N) is 1. The van der Waals surface area contributed by atoms with E-state index in [4.69, 9.17) is 9.47 Å². The SMILES string of the molecule is CC1CCc2[nH]c3ccc(C(=O)OCC(=O)Nc4ccc(N5CCOCC5)cc4)cc3c2C1. The number of aryl methyl sites for hydroxylation is 1. The molecule has 2 heterocycles. The Morgan fingerprint density at radius 2 is 1.94 bits per heavy atom. The maximum absolute atomic E-state index is 12.6. The highest BCUT2D eigenvalue weighted by Gasteiger charge is 2.21. The molecule has 0 spiro atoms. The quantitative estimate of drug-likeness (QED) is 0.579. The topological polar surface area (TPSA) is 83.7 Å². The van der Waals surface area contributed by atoms with Gasteiger partial charge in [-0.3, -0.25) is 4.79 Å². The largest absolute Gasteiger partial charge is 0.452 e. The Hall–Kier alpha value is -3.32. The Balaban J connectivity index is 1.18. The third-order valence-corrected chi connectivity index (χ3v) is 6.53.